The van der Waals surface area contributed by atoms with Crippen LogP contribution in [0.1, 0.15) is 53.2 Å². The second kappa shape index (κ2) is 10.5. The molecule has 0 radical (unpaired) electrons. The molecule has 7 nitrogen and oxygen atoms in total. The molecule has 0 saturated heterocycles. The Bertz CT molecular complexity index is 1230. The van der Waals surface area contributed by atoms with Crippen molar-refractivity contribution >= 4 is 22.9 Å². The average Bonchev–Trinajstić information content (AvgIpc) is 3.49. The third kappa shape index (κ3) is 6.22. The predicted molar refractivity (Wildman–Crippen MR) is 139 cm³/mol. The lowest BCUT2D eigenvalue weighted by molar-refractivity contribution is 0.0694. The van der Waals surface area contributed by atoms with Crippen LogP contribution in [0.3, 0.4) is 0 Å². The lowest BCUT2D eigenvalue weighted by Crippen LogP contribution is -2.52. The Labute approximate surface area is 210 Å². The van der Waals surface area contributed by atoms with E-state index in [1.807, 2.05) is 76.5 Å². The van der Waals surface area contributed by atoms with Crippen LogP contribution in [0.4, 0.5) is 5.69 Å². The van der Waals surface area contributed by atoms with Gasteiger partial charge in [-0.1, -0.05) is 42.5 Å². The van der Waals surface area contributed by atoms with E-state index in [0.717, 1.165) is 17.5 Å². The van der Waals surface area contributed by atoms with E-state index in [1.165, 1.54) is 16.9 Å². The monoisotopic (exact) mass is 489 g/mol. The molecular weight excluding hydrogens is 458 g/mol. The lowest BCUT2D eigenvalue weighted by Gasteiger charge is -2.37. The summed E-state index contributed by atoms with van der Waals surface area (Å²) in [6.07, 6.45) is 4.84. The van der Waals surface area contributed by atoms with Crippen molar-refractivity contribution in [3.05, 3.63) is 100 Å². The van der Waals surface area contributed by atoms with Gasteiger partial charge in [0.25, 0.3) is 5.91 Å². The Morgan fingerprint density at radius 1 is 1.09 bits per heavy atom. The summed E-state index contributed by atoms with van der Waals surface area (Å²) in [4.78, 5) is 20.0. The van der Waals surface area contributed by atoms with Crippen LogP contribution in [0.25, 0.3) is 0 Å². The molecule has 0 saturated carbocycles. The zero-order valence-electron chi connectivity index (χ0n) is 20.4. The Hall–Kier alpha value is -3.33. The van der Waals surface area contributed by atoms with Gasteiger partial charge < -0.3 is 5.11 Å². The number of thiazole rings is 1. The number of anilines is 1. The lowest BCUT2D eigenvalue weighted by atomic mass is 10.0. The molecule has 2 heterocycles. The summed E-state index contributed by atoms with van der Waals surface area (Å²) in [5.41, 5.74) is 5.02. The molecular formula is C27H31N5O2S. The minimum Gasteiger partial charge on any atom is -0.376 e. The molecule has 0 bridgehead atoms. The molecule has 8 heteroatoms. The highest BCUT2D eigenvalue weighted by molar-refractivity contribution is 7.11. The second-order valence-corrected chi connectivity index (χ2v) is 10.5. The predicted octanol–water partition coefficient (Wildman–Crippen LogP) is 4.56. The molecule has 2 unspecified atom stereocenters. The molecule has 1 amide bonds. The van der Waals surface area contributed by atoms with Crippen molar-refractivity contribution in [1.29, 1.82) is 0 Å². The number of amides is 1. The fraction of sp³-hybridized carbons (Fsp3) is 0.296. The molecule has 2 atom stereocenters. The molecule has 0 fully saturated rings. The fourth-order valence-electron chi connectivity index (χ4n) is 4.04. The van der Waals surface area contributed by atoms with Gasteiger partial charge in [-0.15, -0.1) is 11.3 Å². The third-order valence-corrected chi connectivity index (χ3v) is 6.31. The van der Waals surface area contributed by atoms with Gasteiger partial charge in [0.2, 0.25) is 0 Å². The summed E-state index contributed by atoms with van der Waals surface area (Å²) in [5.74, 6) is -0.230. The first-order chi connectivity index (χ1) is 16.7. The standard InChI is InChI=1S/C27H31N5O2S/c1-27(2,3)30-25(33)24(21-15-29-31(4)17-21)32(26(34)23-16-28-18-35-23)22-12-10-20(11-13-22)14-19-8-6-5-7-9-19/h5-13,15-18,24-25,30,33H,14H2,1-4H3. The van der Waals surface area contributed by atoms with Gasteiger partial charge in [-0.3, -0.25) is 24.7 Å². The first-order valence-electron chi connectivity index (χ1n) is 11.5. The summed E-state index contributed by atoms with van der Waals surface area (Å²) in [7, 11) is 1.82. The van der Waals surface area contributed by atoms with Crippen LogP contribution in [0.15, 0.2) is 78.7 Å². The molecule has 4 rings (SSSR count). The molecule has 0 aliphatic carbocycles. The Kier molecular flexibility index (Phi) is 7.45. The van der Waals surface area contributed by atoms with Crippen LogP contribution in [0, 0.1) is 0 Å². The zero-order chi connectivity index (χ0) is 25.0. The van der Waals surface area contributed by atoms with Crippen LogP contribution in [0.2, 0.25) is 0 Å². The molecule has 0 aliphatic heterocycles. The van der Waals surface area contributed by atoms with E-state index < -0.39 is 12.3 Å². The van der Waals surface area contributed by atoms with E-state index in [9.17, 15) is 9.90 Å². The number of aliphatic hydroxyl groups excluding tert-OH is 1. The molecule has 2 aromatic heterocycles. The molecule has 0 aliphatic rings. The van der Waals surface area contributed by atoms with Crippen LogP contribution >= 0.6 is 11.3 Å². The normalized spacial score (nSPS) is 13.4. The van der Waals surface area contributed by atoms with Crippen molar-refractivity contribution in [3.63, 3.8) is 0 Å². The van der Waals surface area contributed by atoms with Crippen molar-refractivity contribution in [1.82, 2.24) is 20.1 Å². The number of rotatable bonds is 8. The Balaban J connectivity index is 1.75. The van der Waals surface area contributed by atoms with Crippen molar-refractivity contribution in [2.45, 2.75) is 45.0 Å². The quantitative estimate of drug-likeness (QED) is 0.355. The van der Waals surface area contributed by atoms with Gasteiger partial charge in [0.1, 0.15) is 17.1 Å². The molecule has 182 valence electrons. The van der Waals surface area contributed by atoms with Gasteiger partial charge >= 0.3 is 0 Å². The number of nitrogens with one attached hydrogen (secondary N) is 1. The molecule has 0 spiro atoms. The maximum absolute atomic E-state index is 13.8. The van der Waals surface area contributed by atoms with E-state index >= 15 is 0 Å². The highest BCUT2D eigenvalue weighted by atomic mass is 32.1. The number of carbonyl (C=O) groups is 1. The summed E-state index contributed by atoms with van der Waals surface area (Å²) in [6, 6.07) is 17.5. The van der Waals surface area contributed by atoms with Gasteiger partial charge in [0, 0.05) is 30.0 Å². The third-order valence-electron chi connectivity index (χ3n) is 5.55. The van der Waals surface area contributed by atoms with Gasteiger partial charge in [-0.25, -0.2) is 0 Å². The van der Waals surface area contributed by atoms with E-state index in [2.05, 4.69) is 27.5 Å². The summed E-state index contributed by atoms with van der Waals surface area (Å²) in [6.45, 7) is 5.93. The molecule has 35 heavy (non-hydrogen) atoms. The topological polar surface area (TPSA) is 83.3 Å². The zero-order valence-corrected chi connectivity index (χ0v) is 21.2. The van der Waals surface area contributed by atoms with Gasteiger partial charge in [-0.05, 0) is 50.5 Å². The molecule has 2 N–H and O–H groups in total. The fourth-order valence-corrected chi connectivity index (χ4v) is 4.59. The average molecular weight is 490 g/mol. The van der Waals surface area contributed by atoms with E-state index in [-0.39, 0.29) is 11.4 Å². The van der Waals surface area contributed by atoms with Crippen molar-refractivity contribution in [3.8, 4) is 0 Å². The van der Waals surface area contributed by atoms with Crippen molar-refractivity contribution in [2.24, 2.45) is 7.05 Å². The maximum atomic E-state index is 13.8. The number of aliphatic hydroxyl groups is 1. The number of benzene rings is 2. The van der Waals surface area contributed by atoms with Crippen molar-refractivity contribution < 1.29 is 9.90 Å². The van der Waals surface area contributed by atoms with E-state index in [4.69, 9.17) is 0 Å². The second-order valence-electron chi connectivity index (χ2n) is 9.60. The van der Waals surface area contributed by atoms with E-state index in [1.54, 1.807) is 27.5 Å². The van der Waals surface area contributed by atoms with Crippen molar-refractivity contribution in [2.75, 3.05) is 4.90 Å². The first-order valence-corrected chi connectivity index (χ1v) is 12.4. The molecule has 2 aromatic carbocycles. The molecule has 4 aromatic rings. The highest BCUT2D eigenvalue weighted by Crippen LogP contribution is 2.33. The van der Waals surface area contributed by atoms with Gasteiger partial charge in [-0.2, -0.15) is 5.10 Å². The van der Waals surface area contributed by atoms with Crippen LogP contribution < -0.4 is 10.2 Å². The SMILES string of the molecule is Cn1cc(C(C(O)NC(C)(C)C)N(C(=O)c2cncs2)c2ccc(Cc3ccccc3)cc2)cn1. The van der Waals surface area contributed by atoms with Crippen LogP contribution in [-0.2, 0) is 13.5 Å². The number of hydrogen-bond donors (Lipinski definition) is 2. The number of aryl methyl sites for hydroxylation is 1. The van der Waals surface area contributed by atoms with Gasteiger partial charge in [0.15, 0.2) is 0 Å². The minimum atomic E-state index is -1.04. The number of aromatic nitrogens is 3. The number of nitrogens with zero attached hydrogens (tertiary/aromatic N) is 4. The number of carbonyl (C=O) groups excluding carboxylic acids is 1. The summed E-state index contributed by atoms with van der Waals surface area (Å²) < 4.78 is 1.67. The largest absolute Gasteiger partial charge is 0.376 e. The highest BCUT2D eigenvalue weighted by Gasteiger charge is 2.36. The summed E-state index contributed by atoms with van der Waals surface area (Å²) >= 11 is 1.28. The number of hydrogen-bond acceptors (Lipinski definition) is 6. The first kappa shape index (κ1) is 24.8. The van der Waals surface area contributed by atoms with Crippen LogP contribution in [-0.4, -0.2) is 37.5 Å². The minimum absolute atomic E-state index is 0.230. The van der Waals surface area contributed by atoms with E-state index in [0.29, 0.717) is 10.6 Å². The van der Waals surface area contributed by atoms with Crippen LogP contribution in [0.5, 0.6) is 0 Å². The van der Waals surface area contributed by atoms with Gasteiger partial charge in [0.05, 0.1) is 17.9 Å². The Morgan fingerprint density at radius 3 is 2.34 bits per heavy atom. The Morgan fingerprint density at radius 2 is 1.77 bits per heavy atom. The maximum Gasteiger partial charge on any atom is 0.270 e. The smallest absolute Gasteiger partial charge is 0.270 e. The summed E-state index contributed by atoms with van der Waals surface area (Å²) in [5, 5.41) is 18.9.